The Hall–Kier alpha value is -0.900. The number of aldehydes is 1. The minimum atomic E-state index is -0.933. The number of carboxylic acids is 1. The van der Waals surface area contributed by atoms with Gasteiger partial charge in [0.15, 0.2) is 0 Å². The van der Waals surface area contributed by atoms with E-state index in [4.69, 9.17) is 5.11 Å². The second-order valence-electron chi connectivity index (χ2n) is 4.82. The van der Waals surface area contributed by atoms with E-state index in [1.165, 1.54) is 19.3 Å². The summed E-state index contributed by atoms with van der Waals surface area (Å²) in [5, 5.41) is 17.8. The molecule has 0 radical (unpaired) electrons. The van der Waals surface area contributed by atoms with E-state index in [-0.39, 0.29) is 6.42 Å². The molecule has 0 amide bonds. The standard InChI is InChI=1S/C14H26O4/c15-11-9-7-5-3-1-2-4-6-8-10-13(16)12-14(17)18/h11,13,16H,1-10,12H2,(H,17,18). The van der Waals surface area contributed by atoms with Gasteiger partial charge in [0.1, 0.15) is 6.29 Å². The SMILES string of the molecule is O=CCCCCCCCCCCC(O)CC(=O)O. The first kappa shape index (κ1) is 17.1. The molecule has 0 saturated heterocycles. The summed E-state index contributed by atoms with van der Waals surface area (Å²) in [7, 11) is 0. The highest BCUT2D eigenvalue weighted by Gasteiger charge is 2.08. The van der Waals surface area contributed by atoms with E-state index in [0.29, 0.717) is 12.8 Å². The summed E-state index contributed by atoms with van der Waals surface area (Å²) in [4.78, 5) is 20.4. The van der Waals surface area contributed by atoms with Gasteiger partial charge in [-0.05, 0) is 12.8 Å². The van der Waals surface area contributed by atoms with Crippen molar-refractivity contribution in [2.75, 3.05) is 0 Å². The first-order chi connectivity index (χ1) is 8.66. The van der Waals surface area contributed by atoms with Gasteiger partial charge in [-0.15, -0.1) is 0 Å². The van der Waals surface area contributed by atoms with Crippen LogP contribution in [-0.4, -0.2) is 28.6 Å². The van der Waals surface area contributed by atoms with Crippen molar-refractivity contribution in [2.24, 2.45) is 0 Å². The number of hydrogen-bond acceptors (Lipinski definition) is 3. The molecule has 1 unspecified atom stereocenters. The Morgan fingerprint density at radius 1 is 0.944 bits per heavy atom. The van der Waals surface area contributed by atoms with E-state index in [0.717, 1.165) is 38.4 Å². The Morgan fingerprint density at radius 2 is 1.44 bits per heavy atom. The molecule has 4 heteroatoms. The molecule has 4 nitrogen and oxygen atoms in total. The lowest BCUT2D eigenvalue weighted by Gasteiger charge is -2.07. The quantitative estimate of drug-likeness (QED) is 0.393. The zero-order chi connectivity index (χ0) is 13.6. The van der Waals surface area contributed by atoms with E-state index in [1.54, 1.807) is 0 Å². The lowest BCUT2D eigenvalue weighted by Crippen LogP contribution is -2.12. The van der Waals surface area contributed by atoms with Crippen LogP contribution in [0.2, 0.25) is 0 Å². The molecule has 2 N–H and O–H groups in total. The Balaban J connectivity index is 3.11. The molecule has 0 rings (SSSR count). The van der Waals surface area contributed by atoms with Crippen molar-refractivity contribution in [3.63, 3.8) is 0 Å². The first-order valence-corrected chi connectivity index (χ1v) is 7.00. The molecule has 0 aliphatic carbocycles. The molecule has 0 aromatic heterocycles. The van der Waals surface area contributed by atoms with Crippen LogP contribution >= 0.6 is 0 Å². The minimum absolute atomic E-state index is 0.142. The van der Waals surface area contributed by atoms with Gasteiger partial charge < -0.3 is 15.0 Å². The van der Waals surface area contributed by atoms with Gasteiger partial charge in [-0.25, -0.2) is 0 Å². The highest BCUT2D eigenvalue weighted by molar-refractivity contribution is 5.67. The normalized spacial score (nSPS) is 12.3. The average Bonchev–Trinajstić information content (AvgIpc) is 2.30. The van der Waals surface area contributed by atoms with Gasteiger partial charge in [0.2, 0.25) is 0 Å². The molecule has 0 aliphatic heterocycles. The summed E-state index contributed by atoms with van der Waals surface area (Å²) in [5.41, 5.74) is 0. The minimum Gasteiger partial charge on any atom is -0.481 e. The molecule has 0 spiro atoms. The molecule has 0 fully saturated rings. The average molecular weight is 258 g/mol. The zero-order valence-corrected chi connectivity index (χ0v) is 11.1. The molecule has 0 aromatic carbocycles. The predicted octanol–water partition coefficient (Wildman–Crippen LogP) is 2.92. The van der Waals surface area contributed by atoms with Crippen molar-refractivity contribution in [1.82, 2.24) is 0 Å². The highest BCUT2D eigenvalue weighted by atomic mass is 16.4. The predicted molar refractivity (Wildman–Crippen MR) is 70.5 cm³/mol. The Kier molecular flexibility index (Phi) is 11.9. The van der Waals surface area contributed by atoms with Crippen LogP contribution in [0.3, 0.4) is 0 Å². The first-order valence-electron chi connectivity index (χ1n) is 7.00. The fourth-order valence-electron chi connectivity index (χ4n) is 1.97. The van der Waals surface area contributed by atoms with E-state index in [2.05, 4.69) is 0 Å². The summed E-state index contributed by atoms with van der Waals surface area (Å²) in [6.07, 6.45) is 10.2. The van der Waals surface area contributed by atoms with Crippen LogP contribution in [0.4, 0.5) is 0 Å². The molecule has 0 saturated carbocycles. The number of carboxylic acid groups (broad SMARTS) is 1. The Morgan fingerprint density at radius 3 is 1.94 bits per heavy atom. The summed E-state index contributed by atoms with van der Waals surface area (Å²) < 4.78 is 0. The van der Waals surface area contributed by atoms with Crippen molar-refractivity contribution in [1.29, 1.82) is 0 Å². The van der Waals surface area contributed by atoms with Gasteiger partial charge >= 0.3 is 5.97 Å². The van der Waals surface area contributed by atoms with Crippen molar-refractivity contribution in [3.05, 3.63) is 0 Å². The number of hydrogen-bond donors (Lipinski definition) is 2. The van der Waals surface area contributed by atoms with Crippen molar-refractivity contribution < 1.29 is 19.8 Å². The number of carbonyl (C=O) groups is 2. The topological polar surface area (TPSA) is 74.6 Å². The number of aliphatic carboxylic acids is 1. The second-order valence-corrected chi connectivity index (χ2v) is 4.82. The summed E-state index contributed by atoms with van der Waals surface area (Å²) in [6.45, 7) is 0. The number of aliphatic hydroxyl groups is 1. The number of rotatable bonds is 13. The maximum absolute atomic E-state index is 10.3. The van der Waals surface area contributed by atoms with Crippen molar-refractivity contribution in [3.8, 4) is 0 Å². The number of carbonyl (C=O) groups excluding carboxylic acids is 1. The fraction of sp³-hybridized carbons (Fsp3) is 0.857. The Bertz CT molecular complexity index is 216. The van der Waals surface area contributed by atoms with Crippen LogP contribution in [0.1, 0.15) is 70.6 Å². The summed E-state index contributed by atoms with van der Waals surface area (Å²) in [6, 6.07) is 0. The fourth-order valence-corrected chi connectivity index (χ4v) is 1.97. The summed E-state index contributed by atoms with van der Waals surface area (Å²) in [5.74, 6) is -0.933. The van der Waals surface area contributed by atoms with Gasteiger partial charge in [-0.1, -0.05) is 44.9 Å². The largest absolute Gasteiger partial charge is 0.481 e. The third kappa shape index (κ3) is 13.2. The number of unbranched alkanes of at least 4 members (excludes halogenated alkanes) is 8. The second kappa shape index (κ2) is 12.6. The third-order valence-electron chi connectivity index (χ3n) is 3.02. The molecule has 0 bridgehead atoms. The molecule has 1 atom stereocenters. The maximum atomic E-state index is 10.3. The molecular formula is C14H26O4. The van der Waals surface area contributed by atoms with Crippen LogP contribution in [0, 0.1) is 0 Å². The highest BCUT2D eigenvalue weighted by Crippen LogP contribution is 2.12. The molecule has 0 aliphatic rings. The molecular weight excluding hydrogens is 232 g/mol. The van der Waals surface area contributed by atoms with Gasteiger partial charge in [0.05, 0.1) is 12.5 Å². The van der Waals surface area contributed by atoms with Crippen LogP contribution in [0.25, 0.3) is 0 Å². The van der Waals surface area contributed by atoms with Gasteiger partial charge in [0.25, 0.3) is 0 Å². The molecule has 0 heterocycles. The molecule has 18 heavy (non-hydrogen) atoms. The van der Waals surface area contributed by atoms with Crippen molar-refractivity contribution in [2.45, 2.75) is 76.7 Å². The summed E-state index contributed by atoms with van der Waals surface area (Å²) >= 11 is 0. The van der Waals surface area contributed by atoms with E-state index >= 15 is 0 Å². The third-order valence-corrected chi connectivity index (χ3v) is 3.02. The maximum Gasteiger partial charge on any atom is 0.305 e. The lowest BCUT2D eigenvalue weighted by atomic mass is 10.0. The van der Waals surface area contributed by atoms with Crippen molar-refractivity contribution >= 4 is 12.3 Å². The smallest absolute Gasteiger partial charge is 0.305 e. The lowest BCUT2D eigenvalue weighted by molar-refractivity contribution is -0.139. The van der Waals surface area contributed by atoms with Crippen LogP contribution in [0.5, 0.6) is 0 Å². The van der Waals surface area contributed by atoms with E-state index in [9.17, 15) is 14.7 Å². The Labute approximate surface area is 109 Å². The van der Waals surface area contributed by atoms with E-state index < -0.39 is 12.1 Å². The van der Waals surface area contributed by atoms with Gasteiger partial charge in [-0.3, -0.25) is 4.79 Å². The van der Waals surface area contributed by atoms with Gasteiger partial charge in [0, 0.05) is 6.42 Å². The zero-order valence-electron chi connectivity index (χ0n) is 11.1. The number of aliphatic hydroxyl groups excluding tert-OH is 1. The monoisotopic (exact) mass is 258 g/mol. The molecule has 106 valence electrons. The van der Waals surface area contributed by atoms with Crippen LogP contribution < -0.4 is 0 Å². The van der Waals surface area contributed by atoms with Gasteiger partial charge in [-0.2, -0.15) is 0 Å². The van der Waals surface area contributed by atoms with Crippen LogP contribution in [-0.2, 0) is 9.59 Å². The molecule has 0 aromatic rings. The van der Waals surface area contributed by atoms with Crippen LogP contribution in [0.15, 0.2) is 0 Å². The van der Waals surface area contributed by atoms with E-state index in [1.807, 2.05) is 0 Å².